The van der Waals surface area contributed by atoms with Crippen molar-refractivity contribution in [2.75, 3.05) is 18.1 Å². The average molecular weight is 271 g/mol. The van der Waals surface area contributed by atoms with Crippen LogP contribution >= 0.6 is 11.8 Å². The van der Waals surface area contributed by atoms with Crippen molar-refractivity contribution in [3.63, 3.8) is 0 Å². The Labute approximate surface area is 112 Å². The molecule has 102 valence electrons. The number of rotatable bonds is 3. The lowest BCUT2D eigenvalue weighted by Crippen LogP contribution is -2.43. The van der Waals surface area contributed by atoms with Crippen molar-refractivity contribution < 1.29 is 14.7 Å². The van der Waals surface area contributed by atoms with E-state index in [-0.39, 0.29) is 11.8 Å². The van der Waals surface area contributed by atoms with Crippen molar-refractivity contribution in [2.45, 2.75) is 38.6 Å². The fourth-order valence-electron chi connectivity index (χ4n) is 2.92. The molecule has 1 N–H and O–H groups in total. The lowest BCUT2D eigenvalue weighted by atomic mass is 9.97. The standard InChI is InChI=1S/C13H21NO3S/c1-9-2-5-14(12(9)13(16)17)11(15)8-10-3-6-18-7-4-10/h9-10,12H,2-8H2,1H3,(H,16,17). The highest BCUT2D eigenvalue weighted by Crippen LogP contribution is 2.29. The Balaban J connectivity index is 1.93. The first-order chi connectivity index (χ1) is 8.59. The van der Waals surface area contributed by atoms with Crippen LogP contribution in [0.15, 0.2) is 0 Å². The fourth-order valence-corrected chi connectivity index (χ4v) is 4.12. The first-order valence-electron chi connectivity index (χ1n) is 6.69. The van der Waals surface area contributed by atoms with E-state index in [9.17, 15) is 14.7 Å². The summed E-state index contributed by atoms with van der Waals surface area (Å²) in [6.45, 7) is 2.53. The van der Waals surface area contributed by atoms with E-state index in [1.807, 2.05) is 18.7 Å². The Morgan fingerprint density at radius 2 is 1.94 bits per heavy atom. The van der Waals surface area contributed by atoms with Crippen LogP contribution in [-0.4, -0.2) is 46.0 Å². The molecule has 0 aromatic heterocycles. The Hall–Kier alpha value is -0.710. The third-order valence-corrected chi connectivity index (χ3v) is 5.13. The summed E-state index contributed by atoms with van der Waals surface area (Å²) in [5.41, 5.74) is 0. The zero-order valence-electron chi connectivity index (χ0n) is 10.8. The molecule has 0 aromatic rings. The zero-order valence-corrected chi connectivity index (χ0v) is 11.6. The van der Waals surface area contributed by atoms with Gasteiger partial charge >= 0.3 is 5.97 Å². The summed E-state index contributed by atoms with van der Waals surface area (Å²) in [7, 11) is 0. The molecule has 2 saturated heterocycles. The SMILES string of the molecule is CC1CCN(C(=O)CC2CCSCC2)C1C(=O)O. The van der Waals surface area contributed by atoms with E-state index in [0.29, 0.717) is 18.9 Å². The Kier molecular flexibility index (Phi) is 4.54. The maximum Gasteiger partial charge on any atom is 0.326 e. The van der Waals surface area contributed by atoms with Gasteiger partial charge in [-0.15, -0.1) is 0 Å². The number of likely N-dealkylation sites (tertiary alicyclic amines) is 1. The molecule has 2 rings (SSSR count). The number of thioether (sulfide) groups is 1. The summed E-state index contributed by atoms with van der Waals surface area (Å²) >= 11 is 1.94. The molecule has 2 aliphatic heterocycles. The highest BCUT2D eigenvalue weighted by Gasteiger charge is 2.39. The second-order valence-corrected chi connectivity index (χ2v) is 6.62. The lowest BCUT2D eigenvalue weighted by molar-refractivity contribution is -0.149. The van der Waals surface area contributed by atoms with Gasteiger partial charge in [0.05, 0.1) is 0 Å². The summed E-state index contributed by atoms with van der Waals surface area (Å²) < 4.78 is 0. The van der Waals surface area contributed by atoms with E-state index in [1.165, 1.54) is 0 Å². The second kappa shape index (κ2) is 5.95. The van der Waals surface area contributed by atoms with Crippen LogP contribution in [0, 0.1) is 11.8 Å². The number of aliphatic carboxylic acids is 1. The first kappa shape index (κ1) is 13.7. The number of carbonyl (C=O) groups is 2. The number of amides is 1. The van der Waals surface area contributed by atoms with Crippen LogP contribution < -0.4 is 0 Å². The minimum Gasteiger partial charge on any atom is -0.480 e. The van der Waals surface area contributed by atoms with Crippen molar-refractivity contribution in [2.24, 2.45) is 11.8 Å². The molecular weight excluding hydrogens is 250 g/mol. The summed E-state index contributed by atoms with van der Waals surface area (Å²) in [6.07, 6.45) is 3.54. The van der Waals surface area contributed by atoms with Crippen LogP contribution in [0.5, 0.6) is 0 Å². The van der Waals surface area contributed by atoms with Crippen molar-refractivity contribution in [1.82, 2.24) is 4.90 Å². The van der Waals surface area contributed by atoms with E-state index in [4.69, 9.17) is 0 Å². The van der Waals surface area contributed by atoms with Gasteiger partial charge in [-0.2, -0.15) is 11.8 Å². The summed E-state index contributed by atoms with van der Waals surface area (Å²) in [5.74, 6) is 2.00. The monoisotopic (exact) mass is 271 g/mol. The van der Waals surface area contributed by atoms with Gasteiger partial charge in [0.2, 0.25) is 5.91 Å². The number of carboxylic acids is 1. The predicted octanol–water partition coefficient (Wildman–Crippen LogP) is 1.84. The first-order valence-corrected chi connectivity index (χ1v) is 7.85. The van der Waals surface area contributed by atoms with Crippen LogP contribution in [0.3, 0.4) is 0 Å². The van der Waals surface area contributed by atoms with Gasteiger partial charge in [0.25, 0.3) is 0 Å². The molecule has 0 radical (unpaired) electrons. The minimum absolute atomic E-state index is 0.0450. The fraction of sp³-hybridized carbons (Fsp3) is 0.846. The molecular formula is C13H21NO3S. The lowest BCUT2D eigenvalue weighted by Gasteiger charge is -2.27. The number of carboxylic acid groups (broad SMARTS) is 1. The molecule has 1 amide bonds. The molecule has 0 saturated carbocycles. The van der Waals surface area contributed by atoms with Crippen molar-refractivity contribution in [3.05, 3.63) is 0 Å². The third-order valence-electron chi connectivity index (χ3n) is 4.08. The molecule has 0 spiro atoms. The van der Waals surface area contributed by atoms with Gasteiger partial charge in [0.15, 0.2) is 0 Å². The van der Waals surface area contributed by atoms with Gasteiger partial charge < -0.3 is 10.0 Å². The van der Waals surface area contributed by atoms with Crippen molar-refractivity contribution in [1.29, 1.82) is 0 Å². The smallest absolute Gasteiger partial charge is 0.326 e. The normalized spacial score (nSPS) is 29.5. The number of carbonyl (C=O) groups excluding carboxylic acids is 1. The van der Waals surface area contributed by atoms with E-state index in [1.54, 1.807) is 4.90 Å². The van der Waals surface area contributed by atoms with E-state index in [0.717, 1.165) is 30.8 Å². The van der Waals surface area contributed by atoms with E-state index < -0.39 is 12.0 Å². The van der Waals surface area contributed by atoms with Gasteiger partial charge in [-0.05, 0) is 42.6 Å². The van der Waals surface area contributed by atoms with E-state index in [2.05, 4.69) is 0 Å². The van der Waals surface area contributed by atoms with Crippen LogP contribution in [0.4, 0.5) is 0 Å². The van der Waals surface area contributed by atoms with E-state index >= 15 is 0 Å². The number of nitrogens with zero attached hydrogens (tertiary/aromatic N) is 1. The zero-order chi connectivity index (χ0) is 13.1. The van der Waals surface area contributed by atoms with Crippen molar-refractivity contribution >= 4 is 23.6 Å². The minimum atomic E-state index is -0.854. The third kappa shape index (κ3) is 2.99. The molecule has 4 nitrogen and oxygen atoms in total. The molecule has 0 aliphatic carbocycles. The van der Waals surface area contributed by atoms with Gasteiger partial charge in [0, 0.05) is 13.0 Å². The predicted molar refractivity (Wildman–Crippen MR) is 71.6 cm³/mol. The Morgan fingerprint density at radius 1 is 1.28 bits per heavy atom. The molecule has 2 atom stereocenters. The van der Waals surface area contributed by atoms with Gasteiger partial charge in [-0.3, -0.25) is 4.79 Å². The van der Waals surface area contributed by atoms with Crippen LogP contribution in [0.2, 0.25) is 0 Å². The van der Waals surface area contributed by atoms with Gasteiger partial charge in [-0.25, -0.2) is 4.79 Å². The molecule has 0 bridgehead atoms. The molecule has 2 fully saturated rings. The molecule has 2 heterocycles. The van der Waals surface area contributed by atoms with Crippen LogP contribution in [0.1, 0.15) is 32.6 Å². The molecule has 5 heteroatoms. The largest absolute Gasteiger partial charge is 0.480 e. The maximum atomic E-state index is 12.2. The quantitative estimate of drug-likeness (QED) is 0.851. The maximum absolute atomic E-state index is 12.2. The highest BCUT2D eigenvalue weighted by atomic mass is 32.2. The molecule has 2 aliphatic rings. The number of hydrogen-bond acceptors (Lipinski definition) is 3. The summed E-state index contributed by atoms with van der Waals surface area (Å²) in [5, 5.41) is 9.21. The van der Waals surface area contributed by atoms with Crippen LogP contribution in [-0.2, 0) is 9.59 Å². The number of hydrogen-bond donors (Lipinski definition) is 1. The van der Waals surface area contributed by atoms with Crippen LogP contribution in [0.25, 0.3) is 0 Å². The second-order valence-electron chi connectivity index (χ2n) is 5.40. The van der Waals surface area contributed by atoms with Gasteiger partial charge in [-0.1, -0.05) is 6.92 Å². The van der Waals surface area contributed by atoms with Crippen molar-refractivity contribution in [3.8, 4) is 0 Å². The molecule has 0 aromatic carbocycles. The summed E-state index contributed by atoms with van der Waals surface area (Å²) in [4.78, 5) is 25.0. The Bertz CT molecular complexity index is 328. The topological polar surface area (TPSA) is 57.6 Å². The Morgan fingerprint density at radius 3 is 2.56 bits per heavy atom. The van der Waals surface area contributed by atoms with Gasteiger partial charge in [0.1, 0.15) is 6.04 Å². The average Bonchev–Trinajstić information content (AvgIpc) is 2.72. The molecule has 2 unspecified atom stereocenters. The summed E-state index contributed by atoms with van der Waals surface area (Å²) in [6, 6.07) is -0.601. The molecule has 18 heavy (non-hydrogen) atoms. The highest BCUT2D eigenvalue weighted by molar-refractivity contribution is 7.99.